The van der Waals surface area contributed by atoms with Crippen molar-refractivity contribution in [2.45, 2.75) is 26.3 Å². The summed E-state index contributed by atoms with van der Waals surface area (Å²) in [5, 5.41) is 9.99. The number of rotatable bonds is 1. The number of nitrogens with zero attached hydrogens (tertiary/aromatic N) is 1. The summed E-state index contributed by atoms with van der Waals surface area (Å²) in [6.07, 6.45) is 0. The summed E-state index contributed by atoms with van der Waals surface area (Å²) in [6.45, 7) is 7.34. The van der Waals surface area contributed by atoms with Crippen molar-refractivity contribution in [1.29, 1.82) is 0 Å². The number of aromatic hydroxyl groups is 1. The number of carbonyl (C=O) groups excluding carboxylic acids is 1. The van der Waals surface area contributed by atoms with Crippen molar-refractivity contribution in [3.05, 3.63) is 29.3 Å². The lowest BCUT2D eigenvalue weighted by Crippen LogP contribution is -2.55. The van der Waals surface area contributed by atoms with E-state index in [2.05, 4.69) is 0 Å². The summed E-state index contributed by atoms with van der Waals surface area (Å²) >= 11 is 0. The Morgan fingerprint density at radius 1 is 1.44 bits per heavy atom. The third-order valence-corrected chi connectivity index (χ3v) is 3.36. The topological polar surface area (TPSA) is 49.8 Å². The van der Waals surface area contributed by atoms with Gasteiger partial charge in [0, 0.05) is 6.54 Å². The number of ether oxygens (including phenoxy) is 1. The second-order valence-corrected chi connectivity index (χ2v) is 5.29. The van der Waals surface area contributed by atoms with Crippen LogP contribution in [-0.4, -0.2) is 41.2 Å². The van der Waals surface area contributed by atoms with Crippen molar-refractivity contribution >= 4 is 5.91 Å². The Kier molecular flexibility index (Phi) is 3.30. The molecule has 0 saturated carbocycles. The fraction of sp³-hybridized carbons (Fsp3) is 0.500. The first-order valence-corrected chi connectivity index (χ1v) is 6.12. The fourth-order valence-corrected chi connectivity index (χ4v) is 2.21. The molecular weight excluding hydrogens is 230 g/mol. The highest BCUT2D eigenvalue weighted by molar-refractivity contribution is 5.97. The Labute approximate surface area is 107 Å². The number of amides is 1. The van der Waals surface area contributed by atoms with Gasteiger partial charge in [-0.15, -0.1) is 0 Å². The maximum Gasteiger partial charge on any atom is 0.258 e. The van der Waals surface area contributed by atoms with E-state index in [-0.39, 0.29) is 17.2 Å². The standard InChI is InChI=1S/C14H19NO3/c1-10-5-4-6-11(12(10)16)13(17)15-7-8-18-9-14(15,2)3/h4-6,16H,7-9H2,1-3H3. The van der Waals surface area contributed by atoms with Gasteiger partial charge in [-0.3, -0.25) is 4.79 Å². The molecule has 0 aromatic heterocycles. The normalized spacial score (nSPS) is 18.7. The van der Waals surface area contributed by atoms with E-state index >= 15 is 0 Å². The summed E-state index contributed by atoms with van der Waals surface area (Å²) in [5.41, 5.74) is 0.739. The Morgan fingerprint density at radius 3 is 2.83 bits per heavy atom. The molecule has 1 heterocycles. The first-order chi connectivity index (χ1) is 8.43. The molecule has 0 bridgehead atoms. The monoisotopic (exact) mass is 249 g/mol. The highest BCUT2D eigenvalue weighted by Crippen LogP contribution is 2.27. The van der Waals surface area contributed by atoms with Crippen LogP contribution >= 0.6 is 0 Å². The molecule has 0 atom stereocenters. The van der Waals surface area contributed by atoms with Crippen LogP contribution in [0.5, 0.6) is 5.75 Å². The molecule has 1 saturated heterocycles. The van der Waals surface area contributed by atoms with Crippen molar-refractivity contribution in [2.24, 2.45) is 0 Å². The number of morpholine rings is 1. The van der Waals surface area contributed by atoms with Gasteiger partial charge in [0.25, 0.3) is 5.91 Å². The molecule has 4 heteroatoms. The number of hydrogen-bond acceptors (Lipinski definition) is 3. The van der Waals surface area contributed by atoms with Crippen LogP contribution in [-0.2, 0) is 4.74 Å². The molecule has 18 heavy (non-hydrogen) atoms. The first kappa shape index (κ1) is 12.9. The van der Waals surface area contributed by atoms with E-state index in [1.165, 1.54) is 0 Å². The van der Waals surface area contributed by atoms with E-state index in [9.17, 15) is 9.90 Å². The van der Waals surface area contributed by atoms with Gasteiger partial charge >= 0.3 is 0 Å². The summed E-state index contributed by atoms with van der Waals surface area (Å²) < 4.78 is 5.40. The molecule has 98 valence electrons. The Morgan fingerprint density at radius 2 is 2.17 bits per heavy atom. The lowest BCUT2D eigenvalue weighted by atomic mass is 10.00. The quantitative estimate of drug-likeness (QED) is 0.827. The van der Waals surface area contributed by atoms with E-state index in [0.717, 1.165) is 0 Å². The van der Waals surface area contributed by atoms with E-state index < -0.39 is 0 Å². The smallest absolute Gasteiger partial charge is 0.258 e. The van der Waals surface area contributed by atoms with E-state index in [4.69, 9.17) is 4.74 Å². The Hall–Kier alpha value is -1.55. The molecule has 1 aliphatic heterocycles. The number of hydrogen-bond donors (Lipinski definition) is 1. The molecule has 1 aliphatic rings. The zero-order valence-electron chi connectivity index (χ0n) is 11.1. The number of phenols is 1. The van der Waals surface area contributed by atoms with Crippen molar-refractivity contribution in [3.8, 4) is 5.75 Å². The van der Waals surface area contributed by atoms with Crippen LogP contribution in [0.25, 0.3) is 0 Å². The van der Waals surface area contributed by atoms with Crippen LogP contribution < -0.4 is 0 Å². The maximum absolute atomic E-state index is 12.5. The molecule has 4 nitrogen and oxygen atoms in total. The number of carbonyl (C=O) groups is 1. The molecule has 1 aromatic rings. The second kappa shape index (κ2) is 4.61. The zero-order valence-corrected chi connectivity index (χ0v) is 11.1. The van der Waals surface area contributed by atoms with Gasteiger partial charge < -0.3 is 14.7 Å². The molecule has 1 N–H and O–H groups in total. The molecular formula is C14H19NO3. The van der Waals surface area contributed by atoms with Gasteiger partial charge in [0.05, 0.1) is 24.3 Å². The van der Waals surface area contributed by atoms with E-state index in [1.54, 1.807) is 30.0 Å². The molecule has 0 radical (unpaired) electrons. The van der Waals surface area contributed by atoms with Crippen LogP contribution in [0.4, 0.5) is 0 Å². The average Bonchev–Trinajstić information content (AvgIpc) is 2.31. The van der Waals surface area contributed by atoms with Gasteiger partial charge in [-0.05, 0) is 32.4 Å². The molecule has 0 unspecified atom stereocenters. The van der Waals surface area contributed by atoms with Gasteiger partial charge in [0.2, 0.25) is 0 Å². The van der Waals surface area contributed by atoms with Crippen molar-refractivity contribution < 1.29 is 14.6 Å². The van der Waals surface area contributed by atoms with Gasteiger partial charge in [-0.2, -0.15) is 0 Å². The number of para-hydroxylation sites is 1. The maximum atomic E-state index is 12.5. The molecule has 2 rings (SSSR count). The van der Waals surface area contributed by atoms with Gasteiger partial charge in [-0.1, -0.05) is 12.1 Å². The summed E-state index contributed by atoms with van der Waals surface area (Å²) in [7, 11) is 0. The minimum absolute atomic E-state index is 0.0739. The van der Waals surface area contributed by atoms with Crippen LogP contribution in [0.15, 0.2) is 18.2 Å². The Balaban J connectivity index is 2.33. The Bertz CT molecular complexity index is 468. The third-order valence-electron chi connectivity index (χ3n) is 3.36. The lowest BCUT2D eigenvalue weighted by molar-refractivity contribution is -0.0371. The van der Waals surface area contributed by atoms with Crippen LogP contribution in [0.2, 0.25) is 0 Å². The number of phenolic OH excluding ortho intramolecular Hbond substituents is 1. The molecule has 1 aromatic carbocycles. The zero-order chi connectivity index (χ0) is 13.3. The third kappa shape index (κ3) is 2.20. The predicted molar refractivity (Wildman–Crippen MR) is 68.8 cm³/mol. The van der Waals surface area contributed by atoms with Crippen LogP contribution in [0, 0.1) is 6.92 Å². The van der Waals surface area contributed by atoms with Crippen molar-refractivity contribution in [1.82, 2.24) is 4.90 Å². The minimum Gasteiger partial charge on any atom is -0.507 e. The number of aryl methyl sites for hydroxylation is 1. The largest absolute Gasteiger partial charge is 0.507 e. The SMILES string of the molecule is Cc1cccc(C(=O)N2CCOCC2(C)C)c1O. The van der Waals surface area contributed by atoms with Crippen molar-refractivity contribution in [3.63, 3.8) is 0 Å². The molecule has 1 fully saturated rings. The van der Waals surface area contributed by atoms with Gasteiger partial charge in [0.15, 0.2) is 0 Å². The predicted octanol–water partition coefficient (Wildman–Crippen LogP) is 1.95. The average molecular weight is 249 g/mol. The highest BCUT2D eigenvalue weighted by Gasteiger charge is 2.35. The summed E-state index contributed by atoms with van der Waals surface area (Å²) in [6, 6.07) is 5.24. The van der Waals surface area contributed by atoms with E-state index in [0.29, 0.717) is 30.9 Å². The fourth-order valence-electron chi connectivity index (χ4n) is 2.21. The molecule has 0 spiro atoms. The second-order valence-electron chi connectivity index (χ2n) is 5.29. The van der Waals surface area contributed by atoms with E-state index in [1.807, 2.05) is 13.8 Å². The molecule has 1 amide bonds. The lowest BCUT2D eigenvalue weighted by Gasteiger charge is -2.42. The summed E-state index contributed by atoms with van der Waals surface area (Å²) in [5.74, 6) is -0.0608. The van der Waals surface area contributed by atoms with Crippen LogP contribution in [0.1, 0.15) is 29.8 Å². The number of benzene rings is 1. The van der Waals surface area contributed by atoms with Crippen molar-refractivity contribution in [2.75, 3.05) is 19.8 Å². The minimum atomic E-state index is -0.342. The highest BCUT2D eigenvalue weighted by atomic mass is 16.5. The van der Waals surface area contributed by atoms with Crippen LogP contribution in [0.3, 0.4) is 0 Å². The summed E-state index contributed by atoms with van der Waals surface area (Å²) in [4.78, 5) is 14.3. The van der Waals surface area contributed by atoms with Gasteiger partial charge in [-0.25, -0.2) is 0 Å². The van der Waals surface area contributed by atoms with Gasteiger partial charge in [0.1, 0.15) is 5.75 Å². The first-order valence-electron chi connectivity index (χ1n) is 6.12. The molecule has 0 aliphatic carbocycles.